The van der Waals surface area contributed by atoms with Gasteiger partial charge >= 0.3 is 18.2 Å². The van der Waals surface area contributed by atoms with Crippen molar-refractivity contribution in [2.75, 3.05) is 18.5 Å². The van der Waals surface area contributed by atoms with Crippen LogP contribution in [-0.4, -0.2) is 60.3 Å². The number of ether oxygens (including phenoxy) is 2. The van der Waals surface area contributed by atoms with Crippen LogP contribution in [0.15, 0.2) is 42.5 Å². The molecule has 1 amide bonds. The Bertz CT molecular complexity index is 1650. The molecule has 274 valence electrons. The maximum Gasteiger partial charge on any atom is 0.416 e. The summed E-state index contributed by atoms with van der Waals surface area (Å²) in [6.07, 6.45) is -6.49. The molecule has 0 fully saturated rings. The van der Waals surface area contributed by atoms with Crippen LogP contribution in [0.3, 0.4) is 0 Å². The minimum absolute atomic E-state index is 0.00254. The number of nitro groups is 1. The van der Waals surface area contributed by atoms with E-state index in [9.17, 15) is 32.9 Å². The standard InChI is InChI=1S/C33H44F3N5O7SSi/c1-10-46-26(42)18-22-17-21(13-16-25(22)41(44)45)28-39-40-29(49-28)37-19-24(38-30(43)47-31(2,3)4)27(48-50(8,9)32(5,6)7)20-11-14-23(15-12-20)33(34,35)36/h11-17,24,27H,10,18-19H2,1-9H3,(H,37,40)(H,38,43)/t24-,27+/m1/s1. The largest absolute Gasteiger partial charge is 0.466 e. The van der Waals surface area contributed by atoms with Gasteiger partial charge in [0.1, 0.15) is 10.6 Å². The fourth-order valence-electron chi connectivity index (χ4n) is 4.45. The Morgan fingerprint density at radius 1 is 1.02 bits per heavy atom. The predicted molar refractivity (Wildman–Crippen MR) is 186 cm³/mol. The minimum atomic E-state index is -4.54. The van der Waals surface area contributed by atoms with Gasteiger partial charge in [-0.15, -0.1) is 10.2 Å². The predicted octanol–water partition coefficient (Wildman–Crippen LogP) is 8.31. The Labute approximate surface area is 294 Å². The third-order valence-electron chi connectivity index (χ3n) is 7.92. The summed E-state index contributed by atoms with van der Waals surface area (Å²) in [5.74, 6) is -0.613. The summed E-state index contributed by atoms with van der Waals surface area (Å²) in [6, 6.07) is 8.05. The Kier molecular flexibility index (Phi) is 12.8. The second kappa shape index (κ2) is 15.8. The number of rotatable bonds is 13. The van der Waals surface area contributed by atoms with Crippen molar-refractivity contribution in [3.05, 3.63) is 69.3 Å². The molecule has 3 rings (SSSR count). The highest BCUT2D eigenvalue weighted by molar-refractivity contribution is 7.18. The molecule has 0 saturated carbocycles. The summed E-state index contributed by atoms with van der Waals surface area (Å²) in [4.78, 5) is 36.3. The van der Waals surface area contributed by atoms with Gasteiger partial charge in [0.25, 0.3) is 5.69 Å². The van der Waals surface area contributed by atoms with E-state index >= 15 is 0 Å². The average molecular weight is 740 g/mol. The van der Waals surface area contributed by atoms with Gasteiger partial charge in [-0.25, -0.2) is 4.79 Å². The number of esters is 1. The quantitative estimate of drug-likeness (QED) is 0.0757. The maximum atomic E-state index is 13.5. The number of carbonyl (C=O) groups excluding carboxylic acids is 2. The second-order valence-electron chi connectivity index (χ2n) is 14.0. The number of hydrogen-bond donors (Lipinski definition) is 2. The molecule has 0 radical (unpaired) electrons. The van der Waals surface area contributed by atoms with Gasteiger partial charge < -0.3 is 24.5 Å². The number of alkyl carbamates (subject to hydrolysis) is 1. The third kappa shape index (κ3) is 11.2. The van der Waals surface area contributed by atoms with Crippen molar-refractivity contribution in [2.24, 2.45) is 0 Å². The average Bonchev–Trinajstić information content (AvgIpc) is 3.45. The van der Waals surface area contributed by atoms with Crippen molar-refractivity contribution >= 4 is 42.5 Å². The van der Waals surface area contributed by atoms with E-state index in [1.807, 2.05) is 33.9 Å². The van der Waals surface area contributed by atoms with Crippen LogP contribution in [0.2, 0.25) is 18.1 Å². The molecule has 0 bridgehead atoms. The molecule has 0 aliphatic rings. The molecule has 0 aliphatic heterocycles. The number of nitrogens with zero attached hydrogens (tertiary/aromatic N) is 3. The molecule has 0 spiro atoms. The topological polar surface area (TPSA) is 155 Å². The number of nitro benzene ring substituents is 1. The van der Waals surface area contributed by atoms with Crippen molar-refractivity contribution in [2.45, 2.75) is 96.9 Å². The molecule has 3 aromatic rings. The van der Waals surface area contributed by atoms with E-state index in [0.717, 1.165) is 23.5 Å². The molecule has 17 heteroatoms. The first-order chi connectivity index (χ1) is 23.0. The smallest absolute Gasteiger partial charge is 0.416 e. The Hall–Kier alpha value is -4.09. The zero-order chi connectivity index (χ0) is 37.7. The molecule has 0 aliphatic carbocycles. The first-order valence-corrected chi connectivity index (χ1v) is 19.6. The van der Waals surface area contributed by atoms with E-state index in [1.165, 1.54) is 30.3 Å². The van der Waals surface area contributed by atoms with E-state index in [0.29, 0.717) is 21.3 Å². The van der Waals surface area contributed by atoms with E-state index in [-0.39, 0.29) is 35.9 Å². The van der Waals surface area contributed by atoms with Crippen LogP contribution in [0, 0.1) is 10.1 Å². The van der Waals surface area contributed by atoms with Crippen LogP contribution in [0.25, 0.3) is 10.6 Å². The van der Waals surface area contributed by atoms with Gasteiger partial charge in [0.2, 0.25) is 5.13 Å². The summed E-state index contributed by atoms with van der Waals surface area (Å²) in [5.41, 5.74) is -0.843. The number of hydrogen-bond acceptors (Lipinski definition) is 11. The first kappa shape index (κ1) is 40.3. The SMILES string of the molecule is CCOC(=O)Cc1cc(-c2nnc(NC[C@@H](NC(=O)OC(C)(C)C)[C@@H](O[Si](C)(C)C(C)(C)C)c3ccc(C(F)(F)F)cc3)s2)ccc1[N+](=O)[O-]. The lowest BCUT2D eigenvalue weighted by atomic mass is 10.0. The molecule has 50 heavy (non-hydrogen) atoms. The highest BCUT2D eigenvalue weighted by atomic mass is 32.1. The third-order valence-corrected chi connectivity index (χ3v) is 13.3. The van der Waals surface area contributed by atoms with Crippen molar-refractivity contribution in [3.8, 4) is 10.6 Å². The molecule has 0 unspecified atom stereocenters. The summed E-state index contributed by atoms with van der Waals surface area (Å²) >= 11 is 1.12. The molecule has 2 atom stereocenters. The molecule has 1 aromatic heterocycles. The van der Waals surface area contributed by atoms with Gasteiger partial charge in [0.05, 0.1) is 35.7 Å². The molecule has 0 saturated heterocycles. The Morgan fingerprint density at radius 2 is 1.66 bits per heavy atom. The number of halogens is 3. The molecule has 2 aromatic carbocycles. The zero-order valence-electron chi connectivity index (χ0n) is 29.6. The molecule has 1 heterocycles. The lowest BCUT2D eigenvalue weighted by molar-refractivity contribution is -0.385. The van der Waals surface area contributed by atoms with Gasteiger partial charge in [0, 0.05) is 23.7 Å². The number of amides is 1. The summed E-state index contributed by atoms with van der Waals surface area (Å²) in [7, 11) is -2.59. The van der Waals surface area contributed by atoms with Crippen LogP contribution in [0.5, 0.6) is 0 Å². The van der Waals surface area contributed by atoms with Gasteiger partial charge in [-0.05, 0) is 75.7 Å². The minimum Gasteiger partial charge on any atom is -0.466 e. The number of carbonyl (C=O) groups is 2. The molecular weight excluding hydrogens is 696 g/mol. The normalized spacial score (nSPS) is 13.7. The maximum absolute atomic E-state index is 13.5. The van der Waals surface area contributed by atoms with Crippen LogP contribution in [-0.2, 0) is 31.3 Å². The highest BCUT2D eigenvalue weighted by Gasteiger charge is 2.42. The van der Waals surface area contributed by atoms with Crippen LogP contribution in [0.4, 0.5) is 28.8 Å². The van der Waals surface area contributed by atoms with E-state index in [1.54, 1.807) is 27.7 Å². The Morgan fingerprint density at radius 3 is 2.20 bits per heavy atom. The number of aromatic nitrogens is 2. The molecular formula is C33H44F3N5O7SSi. The summed E-state index contributed by atoms with van der Waals surface area (Å²) in [5, 5.41) is 26.4. The monoisotopic (exact) mass is 739 g/mol. The number of nitrogens with one attached hydrogen (secondary N) is 2. The van der Waals surface area contributed by atoms with Gasteiger partial charge in [-0.1, -0.05) is 44.2 Å². The number of anilines is 1. The van der Waals surface area contributed by atoms with Crippen molar-refractivity contribution in [3.63, 3.8) is 0 Å². The van der Waals surface area contributed by atoms with Gasteiger partial charge in [-0.2, -0.15) is 13.2 Å². The van der Waals surface area contributed by atoms with E-state index in [4.69, 9.17) is 13.9 Å². The zero-order valence-corrected chi connectivity index (χ0v) is 31.4. The summed E-state index contributed by atoms with van der Waals surface area (Å²) < 4.78 is 57.7. The van der Waals surface area contributed by atoms with E-state index in [2.05, 4.69) is 20.8 Å². The van der Waals surface area contributed by atoms with Crippen LogP contribution in [0.1, 0.15) is 71.3 Å². The molecule has 2 N–H and O–H groups in total. The van der Waals surface area contributed by atoms with Crippen molar-refractivity contribution in [1.29, 1.82) is 0 Å². The fourth-order valence-corrected chi connectivity index (χ4v) is 6.48. The number of benzene rings is 2. The molecule has 12 nitrogen and oxygen atoms in total. The second-order valence-corrected chi connectivity index (χ2v) is 19.8. The van der Waals surface area contributed by atoms with E-state index < -0.39 is 54.8 Å². The van der Waals surface area contributed by atoms with Crippen LogP contribution < -0.4 is 10.6 Å². The summed E-state index contributed by atoms with van der Waals surface area (Å²) in [6.45, 7) is 17.0. The lowest BCUT2D eigenvalue weighted by Crippen LogP contribution is -2.51. The fraction of sp³-hybridized carbons (Fsp3) is 0.515. The Balaban J connectivity index is 1.99. The number of alkyl halides is 3. The first-order valence-electron chi connectivity index (χ1n) is 15.9. The van der Waals surface area contributed by atoms with Gasteiger partial charge in [-0.3, -0.25) is 14.9 Å². The van der Waals surface area contributed by atoms with Crippen molar-refractivity contribution in [1.82, 2.24) is 15.5 Å². The lowest BCUT2D eigenvalue weighted by Gasteiger charge is -2.42. The van der Waals surface area contributed by atoms with Crippen molar-refractivity contribution < 1.29 is 41.6 Å². The highest BCUT2D eigenvalue weighted by Crippen LogP contribution is 2.41. The van der Waals surface area contributed by atoms with Crippen LogP contribution >= 0.6 is 11.3 Å². The van der Waals surface area contributed by atoms with Gasteiger partial charge in [0.15, 0.2) is 8.32 Å².